The van der Waals surface area contributed by atoms with Crippen LogP contribution in [0.15, 0.2) is 30.5 Å². The molecule has 0 radical (unpaired) electrons. The van der Waals surface area contributed by atoms with E-state index in [2.05, 4.69) is 11.5 Å². The van der Waals surface area contributed by atoms with Crippen LogP contribution in [0.1, 0.15) is 31.1 Å². The molecule has 0 fully saturated rings. The van der Waals surface area contributed by atoms with Crippen LogP contribution in [0.5, 0.6) is 0 Å². The zero-order valence-corrected chi connectivity index (χ0v) is 10.5. The van der Waals surface area contributed by atoms with Crippen molar-refractivity contribution in [2.24, 2.45) is 5.73 Å². The molecule has 17 heavy (non-hydrogen) atoms. The molecular formula is C14H18N2O. The summed E-state index contributed by atoms with van der Waals surface area (Å²) < 4.78 is 2.08. The van der Waals surface area contributed by atoms with Gasteiger partial charge in [0.2, 0.25) is 0 Å². The third kappa shape index (κ3) is 1.98. The van der Waals surface area contributed by atoms with E-state index >= 15 is 0 Å². The molecule has 0 spiro atoms. The highest BCUT2D eigenvalue weighted by Gasteiger charge is 2.26. The first kappa shape index (κ1) is 11.9. The van der Waals surface area contributed by atoms with Crippen molar-refractivity contribution in [3.05, 3.63) is 36.0 Å². The fourth-order valence-electron chi connectivity index (χ4n) is 2.04. The van der Waals surface area contributed by atoms with Crippen molar-refractivity contribution >= 4 is 16.7 Å². The maximum absolute atomic E-state index is 12.3. The lowest BCUT2D eigenvalue weighted by atomic mass is 9.94. The molecule has 0 aliphatic rings. The molecule has 0 bridgehead atoms. The van der Waals surface area contributed by atoms with Gasteiger partial charge in [-0.25, -0.2) is 0 Å². The van der Waals surface area contributed by atoms with Crippen LogP contribution in [-0.2, 0) is 6.54 Å². The SMILES string of the molecule is CCn1cc(C(=O)C(C)(C)N)c2ccccc21. The summed E-state index contributed by atoms with van der Waals surface area (Å²) in [5.74, 6) is -0.0131. The van der Waals surface area contributed by atoms with Crippen molar-refractivity contribution in [2.45, 2.75) is 32.9 Å². The topological polar surface area (TPSA) is 48.0 Å². The van der Waals surface area contributed by atoms with Crippen molar-refractivity contribution in [1.82, 2.24) is 4.57 Å². The molecule has 90 valence electrons. The van der Waals surface area contributed by atoms with Crippen molar-refractivity contribution in [2.75, 3.05) is 0 Å². The van der Waals surface area contributed by atoms with Crippen molar-refractivity contribution in [3.8, 4) is 0 Å². The second-order valence-corrected chi connectivity index (χ2v) is 4.90. The van der Waals surface area contributed by atoms with Gasteiger partial charge in [0, 0.05) is 29.2 Å². The summed E-state index contributed by atoms with van der Waals surface area (Å²) in [6, 6.07) is 7.93. The fourth-order valence-corrected chi connectivity index (χ4v) is 2.04. The smallest absolute Gasteiger partial charge is 0.184 e. The summed E-state index contributed by atoms with van der Waals surface area (Å²) in [6.45, 7) is 6.40. The van der Waals surface area contributed by atoms with E-state index in [4.69, 9.17) is 5.73 Å². The molecule has 1 aromatic heterocycles. The summed E-state index contributed by atoms with van der Waals surface area (Å²) in [5.41, 5.74) is 6.87. The first-order chi connectivity index (χ1) is 7.95. The summed E-state index contributed by atoms with van der Waals surface area (Å²) in [7, 11) is 0. The molecule has 1 heterocycles. The first-order valence-corrected chi connectivity index (χ1v) is 5.86. The highest BCUT2D eigenvalue weighted by molar-refractivity contribution is 6.12. The predicted octanol–water partition coefficient (Wildman–Crippen LogP) is 2.58. The van der Waals surface area contributed by atoms with Crippen LogP contribution in [-0.4, -0.2) is 15.9 Å². The molecule has 2 rings (SSSR count). The lowest BCUT2D eigenvalue weighted by molar-refractivity contribution is 0.0915. The van der Waals surface area contributed by atoms with E-state index in [0.717, 1.165) is 23.0 Å². The van der Waals surface area contributed by atoms with Crippen LogP contribution < -0.4 is 5.73 Å². The lowest BCUT2D eigenvalue weighted by Gasteiger charge is -2.15. The van der Waals surface area contributed by atoms with Gasteiger partial charge in [0.1, 0.15) is 0 Å². The lowest BCUT2D eigenvalue weighted by Crippen LogP contribution is -2.41. The Labute approximate surface area is 101 Å². The van der Waals surface area contributed by atoms with Gasteiger partial charge in [0.25, 0.3) is 0 Å². The first-order valence-electron chi connectivity index (χ1n) is 5.86. The number of ketones is 1. The molecule has 0 atom stereocenters. The third-order valence-corrected chi connectivity index (χ3v) is 2.96. The normalized spacial score (nSPS) is 12.0. The molecule has 0 saturated heterocycles. The number of nitrogens with zero attached hydrogens (tertiary/aromatic N) is 1. The molecule has 1 aromatic carbocycles. The number of para-hydroxylation sites is 1. The molecule has 0 saturated carbocycles. The van der Waals surface area contributed by atoms with Gasteiger partial charge in [0.15, 0.2) is 5.78 Å². The Morgan fingerprint density at radius 2 is 2.00 bits per heavy atom. The minimum Gasteiger partial charge on any atom is -0.347 e. The van der Waals surface area contributed by atoms with Crippen molar-refractivity contribution < 1.29 is 4.79 Å². The Kier molecular flexibility index (Phi) is 2.79. The van der Waals surface area contributed by atoms with Crippen LogP contribution >= 0.6 is 0 Å². The number of Topliss-reactive ketones (excluding diaryl/α,β-unsaturated/α-hetero) is 1. The minimum absolute atomic E-state index is 0.0131. The van der Waals surface area contributed by atoms with E-state index in [1.807, 2.05) is 30.5 Å². The Balaban J connectivity index is 2.67. The summed E-state index contributed by atoms with van der Waals surface area (Å²) in [6.07, 6.45) is 1.90. The summed E-state index contributed by atoms with van der Waals surface area (Å²) >= 11 is 0. The summed E-state index contributed by atoms with van der Waals surface area (Å²) in [5, 5.41) is 0.984. The van der Waals surface area contributed by atoms with Crippen LogP contribution in [0.2, 0.25) is 0 Å². The Morgan fingerprint density at radius 1 is 1.35 bits per heavy atom. The largest absolute Gasteiger partial charge is 0.347 e. The quantitative estimate of drug-likeness (QED) is 0.824. The van der Waals surface area contributed by atoms with E-state index in [0.29, 0.717) is 0 Å². The molecule has 2 N–H and O–H groups in total. The Hall–Kier alpha value is -1.61. The van der Waals surface area contributed by atoms with Gasteiger partial charge in [-0.2, -0.15) is 0 Å². The van der Waals surface area contributed by atoms with Gasteiger partial charge >= 0.3 is 0 Å². The van der Waals surface area contributed by atoms with Crippen molar-refractivity contribution in [1.29, 1.82) is 0 Å². The Morgan fingerprint density at radius 3 is 2.59 bits per heavy atom. The third-order valence-electron chi connectivity index (χ3n) is 2.96. The van der Waals surface area contributed by atoms with Gasteiger partial charge < -0.3 is 10.3 Å². The number of hydrogen-bond donors (Lipinski definition) is 1. The van der Waals surface area contributed by atoms with E-state index in [1.54, 1.807) is 13.8 Å². The number of rotatable bonds is 3. The zero-order valence-electron chi connectivity index (χ0n) is 10.5. The molecular weight excluding hydrogens is 212 g/mol. The molecule has 3 heteroatoms. The standard InChI is InChI=1S/C14H18N2O/c1-4-16-9-11(13(17)14(2,3)15)10-7-5-6-8-12(10)16/h5-9H,4,15H2,1-3H3. The van der Waals surface area contributed by atoms with Crippen LogP contribution in [0.3, 0.4) is 0 Å². The van der Waals surface area contributed by atoms with E-state index in [-0.39, 0.29) is 5.78 Å². The highest BCUT2D eigenvalue weighted by Crippen LogP contribution is 2.24. The number of hydrogen-bond acceptors (Lipinski definition) is 2. The van der Waals surface area contributed by atoms with Gasteiger partial charge in [-0.15, -0.1) is 0 Å². The fraction of sp³-hybridized carbons (Fsp3) is 0.357. The number of fused-ring (bicyclic) bond motifs is 1. The van der Waals surface area contributed by atoms with Crippen molar-refractivity contribution in [3.63, 3.8) is 0 Å². The van der Waals surface area contributed by atoms with Crippen LogP contribution in [0.4, 0.5) is 0 Å². The number of carbonyl (C=O) groups excluding carboxylic acids is 1. The average molecular weight is 230 g/mol. The minimum atomic E-state index is -0.831. The molecule has 2 aromatic rings. The second kappa shape index (κ2) is 4.00. The van der Waals surface area contributed by atoms with E-state index in [9.17, 15) is 4.79 Å². The predicted molar refractivity (Wildman–Crippen MR) is 70.2 cm³/mol. The maximum atomic E-state index is 12.3. The number of nitrogens with two attached hydrogens (primary N) is 1. The monoisotopic (exact) mass is 230 g/mol. The van der Waals surface area contributed by atoms with Gasteiger partial charge in [0.05, 0.1) is 5.54 Å². The average Bonchev–Trinajstić information content (AvgIpc) is 2.65. The molecule has 0 aliphatic heterocycles. The van der Waals surface area contributed by atoms with Crippen LogP contribution in [0, 0.1) is 0 Å². The number of aryl methyl sites for hydroxylation is 1. The van der Waals surface area contributed by atoms with Gasteiger partial charge in [-0.05, 0) is 26.8 Å². The number of benzene rings is 1. The maximum Gasteiger partial charge on any atom is 0.184 e. The summed E-state index contributed by atoms with van der Waals surface area (Å²) in [4.78, 5) is 12.3. The molecule has 3 nitrogen and oxygen atoms in total. The second-order valence-electron chi connectivity index (χ2n) is 4.90. The molecule has 0 amide bonds. The van der Waals surface area contributed by atoms with Gasteiger partial charge in [-0.1, -0.05) is 18.2 Å². The zero-order chi connectivity index (χ0) is 12.6. The van der Waals surface area contributed by atoms with E-state index in [1.165, 1.54) is 0 Å². The molecule has 0 aliphatic carbocycles. The number of aromatic nitrogens is 1. The number of carbonyl (C=O) groups is 1. The van der Waals surface area contributed by atoms with Crippen LogP contribution in [0.25, 0.3) is 10.9 Å². The highest BCUT2D eigenvalue weighted by atomic mass is 16.1. The van der Waals surface area contributed by atoms with Gasteiger partial charge in [-0.3, -0.25) is 4.79 Å². The Bertz CT molecular complexity index is 561. The molecule has 0 unspecified atom stereocenters. The van der Waals surface area contributed by atoms with E-state index < -0.39 is 5.54 Å².